The van der Waals surface area contributed by atoms with Crippen LogP contribution in [0.15, 0.2) is 91.5 Å². The van der Waals surface area contributed by atoms with Crippen molar-refractivity contribution in [2.45, 2.75) is 20.8 Å². The molecule has 0 aliphatic carbocycles. The maximum atomic E-state index is 13.5. The van der Waals surface area contributed by atoms with E-state index >= 15 is 0 Å². The number of nitrogens with one attached hydrogen (secondary N) is 2. The number of hydrogen-bond donors (Lipinski definition) is 2. The molecular formula is C29H26N6O. The van der Waals surface area contributed by atoms with Crippen LogP contribution in [0.2, 0.25) is 0 Å². The Morgan fingerprint density at radius 1 is 1.03 bits per heavy atom. The second kappa shape index (κ2) is 9.84. The Morgan fingerprint density at radius 3 is 2.69 bits per heavy atom. The lowest BCUT2D eigenvalue weighted by molar-refractivity contribution is 0.102. The SMILES string of the molecule is [2H]c1c([2H])c(C(=O)Nc2cc(C)cc(-n3c([2H])cc(C)c3[2H])c2)c([2H])c(Nc2nccc(-c3cccnc3)n2)c1C. The van der Waals surface area contributed by atoms with Crippen LogP contribution in [-0.2, 0) is 0 Å². The van der Waals surface area contributed by atoms with Gasteiger partial charge < -0.3 is 15.2 Å². The number of aryl methyl sites for hydroxylation is 2. The fraction of sp³-hybridized carbons (Fsp3) is 0.103. The van der Waals surface area contributed by atoms with E-state index in [1.165, 1.54) is 4.57 Å². The Hall–Kier alpha value is -4.78. The smallest absolute Gasteiger partial charge is 0.255 e. The summed E-state index contributed by atoms with van der Waals surface area (Å²) >= 11 is 0. The molecular weight excluding hydrogens is 448 g/mol. The average Bonchev–Trinajstić information content (AvgIpc) is 3.20. The van der Waals surface area contributed by atoms with Gasteiger partial charge in [-0.3, -0.25) is 9.78 Å². The monoisotopic (exact) mass is 479 g/mol. The molecule has 0 aliphatic rings. The molecule has 1 amide bonds. The summed E-state index contributed by atoms with van der Waals surface area (Å²) in [5.41, 5.74) is 3.85. The third-order valence-electron chi connectivity index (χ3n) is 5.35. The van der Waals surface area contributed by atoms with Crippen molar-refractivity contribution in [2.24, 2.45) is 0 Å². The van der Waals surface area contributed by atoms with Gasteiger partial charge >= 0.3 is 0 Å². The molecule has 0 spiro atoms. The Labute approximate surface area is 216 Å². The lowest BCUT2D eigenvalue weighted by Crippen LogP contribution is -2.13. The van der Waals surface area contributed by atoms with Crippen LogP contribution in [0.5, 0.6) is 0 Å². The second-order valence-corrected chi connectivity index (χ2v) is 8.30. The lowest BCUT2D eigenvalue weighted by atomic mass is 10.1. The topological polar surface area (TPSA) is 84.7 Å². The van der Waals surface area contributed by atoms with E-state index in [9.17, 15) is 4.79 Å². The number of benzene rings is 2. The minimum absolute atomic E-state index is 0.139. The van der Waals surface area contributed by atoms with Crippen LogP contribution in [0.25, 0.3) is 16.9 Å². The van der Waals surface area contributed by atoms with E-state index in [-0.39, 0.29) is 47.7 Å². The van der Waals surface area contributed by atoms with Crippen molar-refractivity contribution >= 4 is 23.2 Å². The number of carbonyl (C=O) groups excluding carboxylic acids is 1. The molecule has 36 heavy (non-hydrogen) atoms. The highest BCUT2D eigenvalue weighted by Gasteiger charge is 2.12. The number of carbonyl (C=O) groups is 1. The molecule has 0 saturated heterocycles. The molecule has 0 bridgehead atoms. The molecule has 2 aromatic carbocycles. The maximum absolute atomic E-state index is 13.5. The van der Waals surface area contributed by atoms with Gasteiger partial charge in [-0.2, -0.15) is 0 Å². The Kier molecular flexibility index (Phi) is 4.82. The first kappa shape index (κ1) is 17.6. The number of amides is 1. The largest absolute Gasteiger partial charge is 0.324 e. The van der Waals surface area contributed by atoms with Crippen molar-refractivity contribution in [3.05, 3.63) is 114 Å². The average molecular weight is 480 g/mol. The zero-order valence-corrected chi connectivity index (χ0v) is 20.0. The predicted molar refractivity (Wildman–Crippen MR) is 143 cm³/mol. The molecule has 0 fully saturated rings. The van der Waals surface area contributed by atoms with Gasteiger partial charge in [0, 0.05) is 59.1 Å². The molecule has 7 nitrogen and oxygen atoms in total. The van der Waals surface area contributed by atoms with Crippen LogP contribution in [0.4, 0.5) is 17.3 Å². The van der Waals surface area contributed by atoms with Gasteiger partial charge in [0.05, 0.1) is 12.5 Å². The van der Waals surface area contributed by atoms with Gasteiger partial charge in [-0.25, -0.2) is 9.97 Å². The molecule has 0 atom stereocenters. The Bertz CT molecular complexity index is 1810. The molecule has 3 heterocycles. The number of pyridine rings is 1. The zero-order valence-electron chi connectivity index (χ0n) is 25.0. The third kappa shape index (κ3) is 5.15. The van der Waals surface area contributed by atoms with Crippen molar-refractivity contribution in [3.8, 4) is 16.9 Å². The minimum atomic E-state index is -0.737. The number of aromatic nitrogens is 4. The molecule has 0 aliphatic heterocycles. The van der Waals surface area contributed by atoms with Crippen LogP contribution >= 0.6 is 0 Å². The van der Waals surface area contributed by atoms with Crippen LogP contribution in [0.3, 0.4) is 0 Å². The van der Waals surface area contributed by atoms with Crippen molar-refractivity contribution in [1.29, 1.82) is 0 Å². The highest BCUT2D eigenvalue weighted by atomic mass is 16.1. The summed E-state index contributed by atoms with van der Waals surface area (Å²) in [6, 6.07) is 11.2. The Balaban J connectivity index is 1.50. The second-order valence-electron chi connectivity index (χ2n) is 8.30. The molecule has 5 rings (SSSR count). The number of nitrogens with zero attached hydrogens (tertiary/aromatic N) is 4. The van der Waals surface area contributed by atoms with Crippen LogP contribution in [0.1, 0.15) is 33.9 Å². The highest BCUT2D eigenvalue weighted by molar-refractivity contribution is 6.05. The summed E-state index contributed by atoms with van der Waals surface area (Å²) in [4.78, 5) is 26.3. The van der Waals surface area contributed by atoms with Gasteiger partial charge in [-0.05, 0) is 92.0 Å². The first-order valence-electron chi connectivity index (χ1n) is 13.7. The van der Waals surface area contributed by atoms with Crippen molar-refractivity contribution in [2.75, 3.05) is 10.6 Å². The summed E-state index contributed by atoms with van der Waals surface area (Å²) in [7, 11) is 0. The molecule has 7 heteroatoms. The maximum Gasteiger partial charge on any atom is 0.255 e. The molecule has 178 valence electrons. The van der Waals surface area contributed by atoms with Crippen molar-refractivity contribution in [1.82, 2.24) is 19.5 Å². The van der Waals surface area contributed by atoms with E-state index < -0.39 is 5.91 Å². The summed E-state index contributed by atoms with van der Waals surface area (Å²) in [5, 5.41) is 5.71. The normalized spacial score (nSPS) is 12.7. The summed E-state index contributed by atoms with van der Waals surface area (Å²) < 4.78 is 43.8. The van der Waals surface area contributed by atoms with E-state index in [0.29, 0.717) is 28.2 Å². The predicted octanol–water partition coefficient (Wildman–Crippen LogP) is 6.25. The summed E-state index contributed by atoms with van der Waals surface area (Å²) in [6.45, 7) is 5.17. The number of rotatable bonds is 6. The van der Waals surface area contributed by atoms with Gasteiger partial charge in [-0.1, -0.05) is 6.04 Å². The van der Waals surface area contributed by atoms with E-state index in [4.69, 9.17) is 6.85 Å². The highest BCUT2D eigenvalue weighted by Crippen LogP contribution is 2.24. The van der Waals surface area contributed by atoms with Crippen molar-refractivity contribution < 1.29 is 11.6 Å². The number of anilines is 3. The third-order valence-corrected chi connectivity index (χ3v) is 5.35. The first-order valence-corrected chi connectivity index (χ1v) is 11.2. The van der Waals surface area contributed by atoms with Crippen molar-refractivity contribution in [3.63, 3.8) is 0 Å². The molecule has 0 saturated carbocycles. The Morgan fingerprint density at radius 2 is 1.92 bits per heavy atom. The van der Waals surface area contributed by atoms with Gasteiger partial charge in [0.2, 0.25) is 5.95 Å². The lowest BCUT2D eigenvalue weighted by Gasteiger charge is -2.13. The minimum Gasteiger partial charge on any atom is -0.324 e. The first-order chi connectivity index (χ1) is 19.5. The van der Waals surface area contributed by atoms with Crippen LogP contribution in [-0.4, -0.2) is 25.4 Å². The standard InChI is InChI=1S/C29H26N6O/c1-19-9-12-35(18-19)25-14-20(2)13-24(16-25)32-28(36)22-7-6-21(3)27(15-22)34-29-31-11-8-26(33-29)23-5-4-10-30-17-23/h4-18H,1-3H3,(H,32,36)(H,31,33,34)/i6D,7D,12D,15D,18D. The number of hydrogen-bond acceptors (Lipinski definition) is 5. The molecule has 2 N–H and O–H groups in total. The fourth-order valence-corrected chi connectivity index (χ4v) is 3.61. The van der Waals surface area contributed by atoms with E-state index in [0.717, 1.165) is 11.1 Å². The quantitative estimate of drug-likeness (QED) is 0.301. The van der Waals surface area contributed by atoms with Gasteiger partial charge in [0.1, 0.15) is 0 Å². The van der Waals surface area contributed by atoms with E-state index in [1.807, 2.05) is 13.0 Å². The summed E-state index contributed by atoms with van der Waals surface area (Å²) in [5.74, 6) is -0.576. The van der Waals surface area contributed by atoms with Crippen LogP contribution < -0.4 is 10.6 Å². The fourth-order valence-electron chi connectivity index (χ4n) is 3.61. The van der Waals surface area contributed by atoms with E-state index in [2.05, 4.69) is 25.6 Å². The zero-order chi connectivity index (χ0) is 29.4. The summed E-state index contributed by atoms with van der Waals surface area (Å²) in [6.07, 6.45) is 5.18. The van der Waals surface area contributed by atoms with Crippen LogP contribution in [0, 0.1) is 20.8 Å². The van der Waals surface area contributed by atoms with Gasteiger partial charge in [0.15, 0.2) is 0 Å². The molecule has 0 radical (unpaired) electrons. The van der Waals surface area contributed by atoms with Gasteiger partial charge in [-0.15, -0.1) is 0 Å². The molecule has 0 unspecified atom stereocenters. The molecule has 3 aromatic heterocycles. The van der Waals surface area contributed by atoms with Gasteiger partial charge in [0.25, 0.3) is 5.91 Å². The van der Waals surface area contributed by atoms with E-state index in [1.54, 1.807) is 68.8 Å². The molecule has 5 aromatic rings.